The van der Waals surface area contributed by atoms with E-state index in [4.69, 9.17) is 5.11 Å². The molecule has 3 N–H and O–H groups in total. The summed E-state index contributed by atoms with van der Waals surface area (Å²) in [5, 5.41) is 14.1. The number of carboxylic acid groups (broad SMARTS) is 1. The fourth-order valence-corrected chi connectivity index (χ4v) is 1.88. The third-order valence-corrected chi connectivity index (χ3v) is 2.85. The Hall–Kier alpha value is -1.95. The van der Waals surface area contributed by atoms with Crippen molar-refractivity contribution in [1.82, 2.24) is 5.32 Å². The maximum Gasteiger partial charge on any atom is 0.335 e. The Morgan fingerprint density at radius 2 is 2.22 bits per heavy atom. The summed E-state index contributed by atoms with van der Waals surface area (Å²) in [6.45, 7) is 0.776. The minimum absolute atomic E-state index is 0.00120. The van der Waals surface area contributed by atoms with Crippen molar-refractivity contribution in [3.63, 3.8) is 0 Å². The second-order valence-electron chi connectivity index (χ2n) is 4.14. The molecule has 1 saturated heterocycles. The molecule has 0 saturated carbocycles. The van der Waals surface area contributed by atoms with E-state index >= 15 is 0 Å². The monoisotopic (exact) mass is 252 g/mol. The van der Waals surface area contributed by atoms with Crippen LogP contribution < -0.4 is 10.6 Å². The van der Waals surface area contributed by atoms with Gasteiger partial charge in [-0.3, -0.25) is 4.79 Å². The summed E-state index contributed by atoms with van der Waals surface area (Å²) in [6, 6.07) is 3.10. The molecule has 96 valence electrons. The smallest absolute Gasteiger partial charge is 0.335 e. The lowest BCUT2D eigenvalue weighted by atomic mass is 10.1. The van der Waals surface area contributed by atoms with Crippen LogP contribution >= 0.6 is 0 Å². The van der Waals surface area contributed by atoms with Gasteiger partial charge in [0, 0.05) is 0 Å². The average Bonchev–Trinajstić information content (AvgIpc) is 2.85. The summed E-state index contributed by atoms with van der Waals surface area (Å²) in [5.41, 5.74) is -0.150. The molecule has 6 heteroatoms. The van der Waals surface area contributed by atoms with E-state index in [1.54, 1.807) is 0 Å². The normalized spacial score (nSPS) is 18.6. The van der Waals surface area contributed by atoms with Crippen LogP contribution in [0, 0.1) is 5.82 Å². The number of carboxylic acids is 1. The van der Waals surface area contributed by atoms with Gasteiger partial charge in [0.05, 0.1) is 17.3 Å². The van der Waals surface area contributed by atoms with E-state index < -0.39 is 11.8 Å². The first-order valence-electron chi connectivity index (χ1n) is 5.65. The fourth-order valence-electron chi connectivity index (χ4n) is 1.88. The summed E-state index contributed by atoms with van der Waals surface area (Å²) in [4.78, 5) is 22.4. The molecule has 1 atom stereocenters. The first kappa shape index (κ1) is 12.5. The molecule has 0 bridgehead atoms. The van der Waals surface area contributed by atoms with Crippen LogP contribution in [0.1, 0.15) is 23.2 Å². The number of carbonyl (C=O) groups is 2. The number of amides is 1. The molecule has 1 aromatic carbocycles. The standard InChI is InChI=1S/C12H13FN2O3/c13-8-6-7(12(17)18)3-4-9(8)15-11(16)10-2-1-5-14-10/h3-4,6,10,14H,1-2,5H2,(H,15,16)(H,17,18)/t10-/m0/s1. The molecule has 2 rings (SSSR count). The summed E-state index contributed by atoms with van der Waals surface area (Å²) in [7, 11) is 0. The quantitative estimate of drug-likeness (QED) is 0.755. The largest absolute Gasteiger partial charge is 0.478 e. The first-order chi connectivity index (χ1) is 8.58. The van der Waals surface area contributed by atoms with Crippen LogP contribution in [-0.2, 0) is 4.79 Å². The number of nitrogens with one attached hydrogen (secondary N) is 2. The Kier molecular flexibility index (Phi) is 3.57. The molecule has 0 aromatic heterocycles. The number of aromatic carboxylic acids is 1. The maximum absolute atomic E-state index is 13.6. The lowest BCUT2D eigenvalue weighted by molar-refractivity contribution is -0.117. The molecule has 0 spiro atoms. The lowest BCUT2D eigenvalue weighted by Gasteiger charge is -2.11. The number of hydrogen-bond donors (Lipinski definition) is 3. The average molecular weight is 252 g/mol. The predicted octanol–water partition coefficient (Wildman–Crippen LogP) is 1.21. The third-order valence-electron chi connectivity index (χ3n) is 2.85. The molecular weight excluding hydrogens is 239 g/mol. The Labute approximate surface area is 103 Å². The van der Waals surface area contributed by atoms with Crippen LogP contribution in [-0.4, -0.2) is 29.6 Å². The molecule has 0 radical (unpaired) electrons. The second kappa shape index (κ2) is 5.14. The molecule has 0 unspecified atom stereocenters. The van der Waals surface area contributed by atoms with Gasteiger partial charge < -0.3 is 15.7 Å². The Balaban J connectivity index is 2.09. The van der Waals surface area contributed by atoms with Crippen molar-refractivity contribution in [2.75, 3.05) is 11.9 Å². The van der Waals surface area contributed by atoms with Gasteiger partial charge in [0.15, 0.2) is 0 Å². The van der Waals surface area contributed by atoms with E-state index in [0.717, 1.165) is 25.5 Å². The van der Waals surface area contributed by atoms with Crippen LogP contribution in [0.15, 0.2) is 18.2 Å². The fraction of sp³-hybridized carbons (Fsp3) is 0.333. The number of hydrogen-bond acceptors (Lipinski definition) is 3. The van der Waals surface area contributed by atoms with Crippen molar-refractivity contribution in [3.05, 3.63) is 29.6 Å². The number of benzene rings is 1. The maximum atomic E-state index is 13.6. The minimum Gasteiger partial charge on any atom is -0.478 e. The SMILES string of the molecule is O=C(O)c1ccc(NC(=O)[C@@H]2CCCN2)c(F)c1. The van der Waals surface area contributed by atoms with E-state index in [2.05, 4.69) is 10.6 Å². The number of carbonyl (C=O) groups excluding carboxylic acids is 1. The van der Waals surface area contributed by atoms with Crippen molar-refractivity contribution >= 4 is 17.6 Å². The van der Waals surface area contributed by atoms with Gasteiger partial charge in [0.2, 0.25) is 5.91 Å². The molecule has 1 heterocycles. The van der Waals surface area contributed by atoms with Gasteiger partial charge >= 0.3 is 5.97 Å². The predicted molar refractivity (Wildman–Crippen MR) is 63.0 cm³/mol. The molecular formula is C12H13FN2O3. The number of halogens is 1. The van der Waals surface area contributed by atoms with Crippen molar-refractivity contribution in [2.45, 2.75) is 18.9 Å². The van der Waals surface area contributed by atoms with Gasteiger partial charge in [-0.15, -0.1) is 0 Å². The zero-order chi connectivity index (χ0) is 13.1. The minimum atomic E-state index is -1.20. The van der Waals surface area contributed by atoms with Crippen molar-refractivity contribution < 1.29 is 19.1 Å². The zero-order valence-corrected chi connectivity index (χ0v) is 9.57. The molecule has 1 aliphatic rings. The number of anilines is 1. The van der Waals surface area contributed by atoms with E-state index in [1.807, 2.05) is 0 Å². The van der Waals surface area contributed by atoms with Gasteiger partial charge in [-0.25, -0.2) is 9.18 Å². The van der Waals surface area contributed by atoms with Gasteiger partial charge in [0.25, 0.3) is 0 Å². The van der Waals surface area contributed by atoms with Crippen molar-refractivity contribution in [1.29, 1.82) is 0 Å². The molecule has 5 nitrogen and oxygen atoms in total. The highest BCUT2D eigenvalue weighted by molar-refractivity contribution is 5.96. The highest BCUT2D eigenvalue weighted by atomic mass is 19.1. The van der Waals surface area contributed by atoms with E-state index in [0.29, 0.717) is 0 Å². The van der Waals surface area contributed by atoms with Gasteiger partial charge in [-0.1, -0.05) is 0 Å². The second-order valence-corrected chi connectivity index (χ2v) is 4.14. The van der Waals surface area contributed by atoms with Gasteiger partial charge in [0.1, 0.15) is 5.82 Å². The van der Waals surface area contributed by atoms with Crippen LogP contribution in [0.2, 0.25) is 0 Å². The van der Waals surface area contributed by atoms with Crippen LogP contribution in [0.5, 0.6) is 0 Å². The molecule has 1 amide bonds. The Bertz CT molecular complexity index is 484. The molecule has 18 heavy (non-hydrogen) atoms. The van der Waals surface area contributed by atoms with E-state index in [1.165, 1.54) is 12.1 Å². The first-order valence-corrected chi connectivity index (χ1v) is 5.65. The summed E-state index contributed by atoms with van der Waals surface area (Å²) < 4.78 is 13.6. The molecule has 1 fully saturated rings. The zero-order valence-electron chi connectivity index (χ0n) is 9.57. The van der Waals surface area contributed by atoms with Crippen molar-refractivity contribution in [3.8, 4) is 0 Å². The topological polar surface area (TPSA) is 78.4 Å². The summed E-state index contributed by atoms with van der Waals surface area (Å²) in [6.07, 6.45) is 1.64. The lowest BCUT2D eigenvalue weighted by Crippen LogP contribution is -2.35. The highest BCUT2D eigenvalue weighted by Crippen LogP contribution is 2.17. The molecule has 1 aromatic rings. The highest BCUT2D eigenvalue weighted by Gasteiger charge is 2.22. The molecule has 0 aliphatic carbocycles. The summed E-state index contributed by atoms with van der Waals surface area (Å²) >= 11 is 0. The third kappa shape index (κ3) is 2.65. The Morgan fingerprint density at radius 1 is 1.44 bits per heavy atom. The number of rotatable bonds is 3. The van der Waals surface area contributed by atoms with E-state index in [-0.39, 0.29) is 23.2 Å². The van der Waals surface area contributed by atoms with Crippen molar-refractivity contribution in [2.24, 2.45) is 0 Å². The van der Waals surface area contributed by atoms with Crippen LogP contribution in [0.25, 0.3) is 0 Å². The Morgan fingerprint density at radius 3 is 2.78 bits per heavy atom. The summed E-state index contributed by atoms with van der Waals surface area (Å²) in [5.74, 6) is -2.25. The van der Waals surface area contributed by atoms with Crippen LogP contribution in [0.3, 0.4) is 0 Å². The van der Waals surface area contributed by atoms with Gasteiger partial charge in [-0.2, -0.15) is 0 Å². The molecule has 1 aliphatic heterocycles. The van der Waals surface area contributed by atoms with Crippen LogP contribution in [0.4, 0.5) is 10.1 Å². The van der Waals surface area contributed by atoms with Gasteiger partial charge in [-0.05, 0) is 37.6 Å². The van der Waals surface area contributed by atoms with E-state index in [9.17, 15) is 14.0 Å².